The van der Waals surface area contributed by atoms with Gasteiger partial charge in [0.05, 0.1) is 0 Å². The van der Waals surface area contributed by atoms with E-state index >= 15 is 0 Å². The predicted molar refractivity (Wildman–Crippen MR) is 75.2 cm³/mol. The molecule has 0 aliphatic heterocycles. The quantitative estimate of drug-likeness (QED) is 0.834. The zero-order valence-electron chi connectivity index (χ0n) is 10.8. The largest absolute Gasteiger partial charge is 0.327 e. The van der Waals surface area contributed by atoms with Crippen LogP contribution in [0.25, 0.3) is 0 Å². The van der Waals surface area contributed by atoms with E-state index < -0.39 is 0 Å². The van der Waals surface area contributed by atoms with E-state index in [1.54, 1.807) is 0 Å². The van der Waals surface area contributed by atoms with Crippen molar-refractivity contribution >= 4 is 11.3 Å². The Balaban J connectivity index is 1.82. The van der Waals surface area contributed by atoms with Gasteiger partial charge in [0.25, 0.3) is 0 Å². The third-order valence-corrected chi connectivity index (χ3v) is 4.63. The van der Waals surface area contributed by atoms with Crippen LogP contribution in [0.1, 0.15) is 37.0 Å². The van der Waals surface area contributed by atoms with Gasteiger partial charge in [0.15, 0.2) is 0 Å². The molecule has 17 heavy (non-hydrogen) atoms. The molecule has 1 aliphatic carbocycles. The Morgan fingerprint density at radius 1 is 1.35 bits per heavy atom. The van der Waals surface area contributed by atoms with Crippen LogP contribution < -0.4 is 5.73 Å². The molecule has 1 aliphatic rings. The van der Waals surface area contributed by atoms with Crippen LogP contribution in [-0.4, -0.2) is 24.5 Å². The molecule has 2 atom stereocenters. The molecule has 0 aromatic carbocycles. The third-order valence-electron chi connectivity index (χ3n) is 3.77. The zero-order chi connectivity index (χ0) is 12.1. The second kappa shape index (κ2) is 6.53. The van der Waals surface area contributed by atoms with Crippen LogP contribution in [0.5, 0.6) is 0 Å². The summed E-state index contributed by atoms with van der Waals surface area (Å²) in [4.78, 5) is 3.89. The Kier molecular flexibility index (Phi) is 5.01. The summed E-state index contributed by atoms with van der Waals surface area (Å²) in [6.45, 7) is 2.22. The van der Waals surface area contributed by atoms with Crippen molar-refractivity contribution in [2.24, 2.45) is 11.7 Å². The molecule has 3 heteroatoms. The third kappa shape index (κ3) is 4.09. The lowest BCUT2D eigenvalue weighted by Gasteiger charge is -2.26. The van der Waals surface area contributed by atoms with Crippen molar-refractivity contribution < 1.29 is 0 Å². The Hall–Kier alpha value is -0.380. The fourth-order valence-corrected chi connectivity index (χ4v) is 3.56. The lowest BCUT2D eigenvalue weighted by Crippen LogP contribution is -2.37. The second-order valence-electron chi connectivity index (χ2n) is 5.34. The molecule has 0 radical (unpaired) electrons. The molecular weight excluding hydrogens is 228 g/mol. The van der Waals surface area contributed by atoms with Crippen molar-refractivity contribution in [1.29, 1.82) is 0 Å². The SMILES string of the molecule is CN(Cc1cccs1)CC1CCCCCC1N. The fourth-order valence-electron chi connectivity index (χ4n) is 2.77. The van der Waals surface area contributed by atoms with Crippen LogP contribution >= 0.6 is 11.3 Å². The van der Waals surface area contributed by atoms with Crippen LogP contribution in [0.15, 0.2) is 17.5 Å². The van der Waals surface area contributed by atoms with Gasteiger partial charge in [-0.1, -0.05) is 25.3 Å². The average Bonchev–Trinajstić information content (AvgIpc) is 2.71. The first-order valence-corrected chi connectivity index (χ1v) is 7.60. The van der Waals surface area contributed by atoms with E-state index in [1.807, 2.05) is 11.3 Å². The van der Waals surface area contributed by atoms with Crippen molar-refractivity contribution in [3.05, 3.63) is 22.4 Å². The Morgan fingerprint density at radius 2 is 2.18 bits per heavy atom. The molecular formula is C14H24N2S. The van der Waals surface area contributed by atoms with Crippen molar-refractivity contribution in [3.8, 4) is 0 Å². The van der Waals surface area contributed by atoms with Gasteiger partial charge in [0.2, 0.25) is 0 Å². The molecule has 0 bridgehead atoms. The summed E-state index contributed by atoms with van der Waals surface area (Å²) in [5.74, 6) is 0.697. The first-order chi connectivity index (χ1) is 8.25. The van der Waals surface area contributed by atoms with Crippen LogP contribution in [-0.2, 0) is 6.54 Å². The smallest absolute Gasteiger partial charge is 0.0324 e. The van der Waals surface area contributed by atoms with Gasteiger partial charge >= 0.3 is 0 Å². The van der Waals surface area contributed by atoms with E-state index in [0.717, 1.165) is 13.1 Å². The highest BCUT2D eigenvalue weighted by molar-refractivity contribution is 7.09. The van der Waals surface area contributed by atoms with Crippen molar-refractivity contribution in [1.82, 2.24) is 4.90 Å². The monoisotopic (exact) mass is 252 g/mol. The Labute approximate surface area is 109 Å². The van der Waals surface area contributed by atoms with Crippen molar-refractivity contribution in [2.45, 2.75) is 44.7 Å². The van der Waals surface area contributed by atoms with E-state index in [1.165, 1.54) is 37.0 Å². The van der Waals surface area contributed by atoms with Gasteiger partial charge in [-0.05, 0) is 37.3 Å². The summed E-state index contributed by atoms with van der Waals surface area (Å²) in [6, 6.07) is 4.77. The Bertz CT molecular complexity index is 310. The van der Waals surface area contributed by atoms with E-state index in [-0.39, 0.29) is 0 Å². The summed E-state index contributed by atoms with van der Waals surface area (Å²) in [5.41, 5.74) is 6.28. The number of nitrogens with two attached hydrogens (primary N) is 1. The van der Waals surface area contributed by atoms with E-state index in [4.69, 9.17) is 5.73 Å². The van der Waals surface area contributed by atoms with Crippen LogP contribution in [0, 0.1) is 5.92 Å². The highest BCUT2D eigenvalue weighted by Crippen LogP contribution is 2.23. The topological polar surface area (TPSA) is 29.3 Å². The first kappa shape index (κ1) is 13.1. The summed E-state index contributed by atoms with van der Waals surface area (Å²) in [6.07, 6.45) is 6.60. The maximum Gasteiger partial charge on any atom is 0.0324 e. The molecule has 2 unspecified atom stereocenters. The molecule has 1 aromatic heterocycles. The molecule has 1 heterocycles. The van der Waals surface area contributed by atoms with E-state index in [0.29, 0.717) is 12.0 Å². The summed E-state index contributed by atoms with van der Waals surface area (Å²) >= 11 is 1.85. The molecule has 2 rings (SSSR count). The van der Waals surface area contributed by atoms with Crippen molar-refractivity contribution in [3.63, 3.8) is 0 Å². The molecule has 0 saturated heterocycles. The second-order valence-corrected chi connectivity index (χ2v) is 6.37. The van der Waals surface area contributed by atoms with Crippen LogP contribution in [0.2, 0.25) is 0 Å². The summed E-state index contributed by atoms with van der Waals surface area (Å²) < 4.78 is 0. The maximum absolute atomic E-state index is 6.28. The van der Waals surface area contributed by atoms with Gasteiger partial charge in [-0.15, -0.1) is 11.3 Å². The molecule has 0 amide bonds. The fraction of sp³-hybridized carbons (Fsp3) is 0.714. The standard InChI is InChI=1S/C14H24N2S/c1-16(11-13-7-5-9-17-13)10-12-6-3-2-4-8-14(12)15/h5,7,9,12,14H,2-4,6,8,10-11,15H2,1H3. The minimum atomic E-state index is 0.420. The average molecular weight is 252 g/mol. The molecule has 96 valence electrons. The first-order valence-electron chi connectivity index (χ1n) is 6.72. The van der Waals surface area contributed by atoms with Gasteiger partial charge in [0, 0.05) is 24.0 Å². The molecule has 1 saturated carbocycles. The Morgan fingerprint density at radius 3 is 2.94 bits per heavy atom. The molecule has 2 N–H and O–H groups in total. The summed E-state index contributed by atoms with van der Waals surface area (Å²) in [7, 11) is 2.22. The maximum atomic E-state index is 6.28. The van der Waals surface area contributed by atoms with Gasteiger partial charge in [0.1, 0.15) is 0 Å². The highest BCUT2D eigenvalue weighted by Gasteiger charge is 2.21. The molecule has 1 fully saturated rings. The number of hydrogen-bond acceptors (Lipinski definition) is 3. The normalized spacial score (nSPS) is 26.1. The van der Waals surface area contributed by atoms with E-state index in [2.05, 4.69) is 29.5 Å². The molecule has 0 spiro atoms. The number of hydrogen-bond donors (Lipinski definition) is 1. The molecule has 2 nitrogen and oxygen atoms in total. The number of nitrogens with zero attached hydrogens (tertiary/aromatic N) is 1. The van der Waals surface area contributed by atoms with Crippen LogP contribution in [0.3, 0.4) is 0 Å². The highest BCUT2D eigenvalue weighted by atomic mass is 32.1. The zero-order valence-corrected chi connectivity index (χ0v) is 11.6. The predicted octanol–water partition coefficient (Wildman–Crippen LogP) is 3.09. The lowest BCUT2D eigenvalue weighted by atomic mass is 9.95. The van der Waals surface area contributed by atoms with Gasteiger partial charge in [-0.25, -0.2) is 0 Å². The number of thiophene rings is 1. The van der Waals surface area contributed by atoms with Crippen LogP contribution in [0.4, 0.5) is 0 Å². The van der Waals surface area contributed by atoms with Gasteiger partial charge in [-0.2, -0.15) is 0 Å². The lowest BCUT2D eigenvalue weighted by molar-refractivity contribution is 0.238. The minimum absolute atomic E-state index is 0.420. The van der Waals surface area contributed by atoms with E-state index in [9.17, 15) is 0 Å². The minimum Gasteiger partial charge on any atom is -0.327 e. The summed E-state index contributed by atoms with van der Waals surface area (Å²) in [5, 5.41) is 2.15. The van der Waals surface area contributed by atoms with Crippen molar-refractivity contribution in [2.75, 3.05) is 13.6 Å². The number of rotatable bonds is 4. The molecule has 1 aromatic rings. The van der Waals surface area contributed by atoms with Gasteiger partial charge in [-0.3, -0.25) is 0 Å². The van der Waals surface area contributed by atoms with Gasteiger partial charge < -0.3 is 10.6 Å².